The highest BCUT2D eigenvalue weighted by atomic mass is 16.5. The lowest BCUT2D eigenvalue weighted by Crippen LogP contribution is -2.20. The molecule has 0 heterocycles. The Kier molecular flexibility index (Phi) is 5.17. The fourth-order valence-corrected chi connectivity index (χ4v) is 2.12. The maximum Gasteiger partial charge on any atom is 0.0720 e. The molecule has 0 saturated heterocycles. The van der Waals surface area contributed by atoms with E-state index in [0.29, 0.717) is 12.5 Å². The highest BCUT2D eigenvalue weighted by molar-refractivity contribution is 5.15. The van der Waals surface area contributed by atoms with Crippen molar-refractivity contribution in [2.75, 3.05) is 0 Å². The van der Waals surface area contributed by atoms with Crippen molar-refractivity contribution in [1.82, 2.24) is 0 Å². The summed E-state index contributed by atoms with van der Waals surface area (Å²) < 4.78 is 5.96. The van der Waals surface area contributed by atoms with Crippen LogP contribution in [0.5, 0.6) is 0 Å². The molecule has 19 heavy (non-hydrogen) atoms. The Morgan fingerprint density at radius 2 is 1.32 bits per heavy atom. The van der Waals surface area contributed by atoms with E-state index in [1.54, 1.807) is 0 Å². The zero-order valence-electron chi connectivity index (χ0n) is 11.8. The van der Waals surface area contributed by atoms with Crippen LogP contribution in [0.1, 0.15) is 25.0 Å². The van der Waals surface area contributed by atoms with E-state index in [9.17, 15) is 0 Å². The van der Waals surface area contributed by atoms with Gasteiger partial charge in [-0.1, -0.05) is 67.6 Å². The first-order chi connectivity index (χ1) is 9.25. The molecule has 0 radical (unpaired) electrons. The van der Waals surface area contributed by atoms with Gasteiger partial charge < -0.3 is 4.74 Å². The Morgan fingerprint density at radius 1 is 0.789 bits per heavy atom. The minimum Gasteiger partial charge on any atom is -0.374 e. The van der Waals surface area contributed by atoms with Gasteiger partial charge in [0.2, 0.25) is 0 Å². The second-order valence-corrected chi connectivity index (χ2v) is 5.17. The maximum absolute atomic E-state index is 5.96. The molecule has 0 aromatic heterocycles. The molecule has 0 N–H and O–H groups in total. The minimum absolute atomic E-state index is 0.264. The third kappa shape index (κ3) is 4.53. The van der Waals surface area contributed by atoms with Crippen LogP contribution in [0.15, 0.2) is 60.7 Å². The van der Waals surface area contributed by atoms with E-state index in [1.165, 1.54) is 11.1 Å². The van der Waals surface area contributed by atoms with Crippen molar-refractivity contribution in [3.05, 3.63) is 71.8 Å². The van der Waals surface area contributed by atoms with Crippen molar-refractivity contribution in [3.63, 3.8) is 0 Å². The third-order valence-corrected chi connectivity index (χ3v) is 3.56. The van der Waals surface area contributed by atoms with E-state index in [-0.39, 0.29) is 6.10 Å². The van der Waals surface area contributed by atoms with E-state index in [1.807, 2.05) is 6.07 Å². The molecule has 2 aromatic carbocycles. The van der Waals surface area contributed by atoms with Crippen molar-refractivity contribution in [2.45, 2.75) is 33.0 Å². The Hall–Kier alpha value is -1.60. The maximum atomic E-state index is 5.96. The van der Waals surface area contributed by atoms with Gasteiger partial charge in [-0.3, -0.25) is 0 Å². The van der Waals surface area contributed by atoms with Gasteiger partial charge >= 0.3 is 0 Å². The van der Waals surface area contributed by atoms with Crippen LogP contribution in [-0.2, 0) is 17.8 Å². The van der Waals surface area contributed by atoms with Gasteiger partial charge in [0.25, 0.3) is 0 Å². The molecule has 0 aliphatic rings. The summed E-state index contributed by atoms with van der Waals surface area (Å²) in [4.78, 5) is 0. The van der Waals surface area contributed by atoms with Crippen LogP contribution in [0.4, 0.5) is 0 Å². The van der Waals surface area contributed by atoms with Crippen molar-refractivity contribution in [2.24, 2.45) is 5.92 Å². The minimum atomic E-state index is 0.264. The van der Waals surface area contributed by atoms with Crippen molar-refractivity contribution < 1.29 is 4.74 Å². The smallest absolute Gasteiger partial charge is 0.0720 e. The van der Waals surface area contributed by atoms with E-state index in [4.69, 9.17) is 4.74 Å². The van der Waals surface area contributed by atoms with Crippen LogP contribution in [0.3, 0.4) is 0 Å². The Labute approximate surface area is 116 Å². The van der Waals surface area contributed by atoms with Crippen LogP contribution in [-0.4, -0.2) is 6.10 Å². The van der Waals surface area contributed by atoms with Gasteiger partial charge in [-0.25, -0.2) is 0 Å². The summed E-state index contributed by atoms with van der Waals surface area (Å²) in [6.45, 7) is 5.11. The molecule has 0 fully saturated rings. The Balaban J connectivity index is 1.81. The summed E-state index contributed by atoms with van der Waals surface area (Å²) in [6, 6.07) is 21.0. The zero-order chi connectivity index (χ0) is 13.5. The van der Waals surface area contributed by atoms with Gasteiger partial charge in [0.15, 0.2) is 0 Å². The highest BCUT2D eigenvalue weighted by Crippen LogP contribution is 2.15. The molecular formula is C18H22O. The van der Waals surface area contributed by atoms with Crippen LogP contribution in [0.2, 0.25) is 0 Å². The molecule has 0 aliphatic heterocycles. The second kappa shape index (κ2) is 7.10. The molecule has 100 valence electrons. The average molecular weight is 254 g/mol. The lowest BCUT2D eigenvalue weighted by atomic mass is 9.97. The molecule has 0 amide bonds. The molecule has 2 unspecified atom stereocenters. The van der Waals surface area contributed by atoms with Crippen molar-refractivity contribution in [1.29, 1.82) is 0 Å². The number of hydrogen-bond donors (Lipinski definition) is 0. The highest BCUT2D eigenvalue weighted by Gasteiger charge is 2.13. The standard InChI is InChI=1S/C18H22O/c1-15(13-17-9-5-3-6-10-17)16(2)19-14-18-11-7-4-8-12-18/h3-12,15-16H,13-14H2,1-2H3. The van der Waals surface area contributed by atoms with E-state index >= 15 is 0 Å². The van der Waals surface area contributed by atoms with Gasteiger partial charge in [-0.15, -0.1) is 0 Å². The van der Waals surface area contributed by atoms with Gasteiger partial charge in [0, 0.05) is 0 Å². The summed E-state index contributed by atoms with van der Waals surface area (Å²) in [6.07, 6.45) is 1.33. The molecule has 0 bridgehead atoms. The summed E-state index contributed by atoms with van der Waals surface area (Å²) >= 11 is 0. The predicted octanol–water partition coefficient (Wildman–Crippen LogP) is 4.47. The fourth-order valence-electron chi connectivity index (χ4n) is 2.12. The molecule has 0 aliphatic carbocycles. The van der Waals surface area contributed by atoms with Crippen molar-refractivity contribution in [3.8, 4) is 0 Å². The van der Waals surface area contributed by atoms with Crippen molar-refractivity contribution >= 4 is 0 Å². The SMILES string of the molecule is CC(Cc1ccccc1)C(C)OCc1ccccc1. The first kappa shape index (κ1) is 13.8. The van der Waals surface area contributed by atoms with Gasteiger partial charge in [0.05, 0.1) is 12.7 Å². The van der Waals surface area contributed by atoms with Gasteiger partial charge in [-0.05, 0) is 30.4 Å². The molecule has 2 aromatic rings. The lowest BCUT2D eigenvalue weighted by Gasteiger charge is -2.20. The zero-order valence-corrected chi connectivity index (χ0v) is 11.8. The number of benzene rings is 2. The molecule has 0 saturated carbocycles. The molecule has 2 atom stereocenters. The predicted molar refractivity (Wildman–Crippen MR) is 80.0 cm³/mol. The summed E-state index contributed by atoms with van der Waals surface area (Å²) in [5.41, 5.74) is 2.62. The largest absolute Gasteiger partial charge is 0.374 e. The van der Waals surface area contributed by atoms with Crippen LogP contribution < -0.4 is 0 Å². The molecule has 0 spiro atoms. The second-order valence-electron chi connectivity index (χ2n) is 5.17. The number of hydrogen-bond acceptors (Lipinski definition) is 1. The molecule has 2 rings (SSSR count). The summed E-state index contributed by atoms with van der Waals surface area (Å²) in [5, 5.41) is 0. The fraction of sp³-hybridized carbons (Fsp3) is 0.333. The average Bonchev–Trinajstić information content (AvgIpc) is 2.47. The number of ether oxygens (including phenoxy) is 1. The quantitative estimate of drug-likeness (QED) is 0.739. The molecule has 1 heteroatoms. The van der Waals surface area contributed by atoms with Crippen LogP contribution >= 0.6 is 0 Å². The first-order valence-electron chi connectivity index (χ1n) is 6.95. The summed E-state index contributed by atoms with van der Waals surface area (Å²) in [7, 11) is 0. The van der Waals surface area contributed by atoms with E-state index < -0.39 is 0 Å². The van der Waals surface area contributed by atoms with E-state index in [2.05, 4.69) is 68.4 Å². The van der Waals surface area contributed by atoms with E-state index in [0.717, 1.165) is 6.42 Å². The lowest BCUT2D eigenvalue weighted by molar-refractivity contribution is 0.0185. The molecular weight excluding hydrogens is 232 g/mol. The summed E-state index contributed by atoms with van der Waals surface area (Å²) in [5.74, 6) is 0.520. The van der Waals surface area contributed by atoms with Gasteiger partial charge in [-0.2, -0.15) is 0 Å². The Morgan fingerprint density at radius 3 is 1.89 bits per heavy atom. The van der Waals surface area contributed by atoms with Gasteiger partial charge in [0.1, 0.15) is 0 Å². The Bertz CT molecular complexity index is 464. The normalized spacial score (nSPS) is 14.0. The van der Waals surface area contributed by atoms with Crippen LogP contribution in [0, 0.1) is 5.92 Å². The first-order valence-corrected chi connectivity index (χ1v) is 6.95. The third-order valence-electron chi connectivity index (χ3n) is 3.56. The molecule has 1 nitrogen and oxygen atoms in total. The monoisotopic (exact) mass is 254 g/mol. The van der Waals surface area contributed by atoms with Crippen LogP contribution in [0.25, 0.3) is 0 Å². The topological polar surface area (TPSA) is 9.23 Å². The number of rotatable bonds is 6.